The van der Waals surface area contributed by atoms with Crippen LogP contribution in [0.4, 0.5) is 0 Å². The zero-order valence-corrected chi connectivity index (χ0v) is 26.4. The molecule has 0 saturated carbocycles. The van der Waals surface area contributed by atoms with E-state index in [1.54, 1.807) is 0 Å². The molecule has 0 spiro atoms. The van der Waals surface area contributed by atoms with Gasteiger partial charge < -0.3 is 28.4 Å². The highest BCUT2D eigenvalue weighted by Crippen LogP contribution is 2.35. The lowest BCUT2D eigenvalue weighted by atomic mass is 10.1. The molecule has 48 heavy (non-hydrogen) atoms. The molecule has 0 saturated heterocycles. The van der Waals surface area contributed by atoms with Crippen molar-refractivity contribution in [1.82, 2.24) is 20.4 Å². The zero-order chi connectivity index (χ0) is 32.4. The van der Waals surface area contributed by atoms with E-state index in [4.69, 9.17) is 28.4 Å². The number of fused-ring (bicyclic) bond motifs is 2. The molecule has 1 aliphatic heterocycles. The number of benzene rings is 4. The number of hydrogen-bond acceptors (Lipinski definition) is 8. The maximum atomic E-state index is 6.14. The maximum Gasteiger partial charge on any atom is 0.161 e. The molecule has 10 nitrogen and oxygen atoms in total. The van der Waals surface area contributed by atoms with Crippen LogP contribution in [0, 0.1) is 0 Å². The molecule has 3 heterocycles. The minimum absolute atomic E-state index is 0.332. The van der Waals surface area contributed by atoms with Crippen LogP contribution < -0.4 is 18.9 Å². The molecule has 4 aromatic carbocycles. The van der Waals surface area contributed by atoms with E-state index in [-0.39, 0.29) is 0 Å². The largest absolute Gasteiger partial charge is 0.487 e. The van der Waals surface area contributed by atoms with Gasteiger partial charge in [0, 0.05) is 11.1 Å². The number of nitrogens with one attached hydrogen (secondary N) is 2. The molecule has 0 atom stereocenters. The minimum atomic E-state index is 0.332. The van der Waals surface area contributed by atoms with Gasteiger partial charge in [0.05, 0.1) is 49.2 Å². The summed E-state index contributed by atoms with van der Waals surface area (Å²) in [6.07, 6.45) is 0. The van der Waals surface area contributed by atoms with Gasteiger partial charge in [-0.05, 0) is 59.7 Å². The average Bonchev–Trinajstić information content (AvgIpc) is 3.84. The van der Waals surface area contributed by atoms with E-state index in [0.29, 0.717) is 75.9 Å². The van der Waals surface area contributed by atoms with Crippen molar-refractivity contribution in [2.24, 2.45) is 0 Å². The van der Waals surface area contributed by atoms with Crippen molar-refractivity contribution in [3.05, 3.63) is 109 Å². The monoisotopic (exact) mass is 644 g/mol. The van der Waals surface area contributed by atoms with Crippen LogP contribution in [0.3, 0.4) is 0 Å². The number of nitrogens with zero attached hydrogens (tertiary/aromatic N) is 2. The molecule has 6 aromatic rings. The van der Waals surface area contributed by atoms with Crippen molar-refractivity contribution in [3.63, 3.8) is 0 Å². The van der Waals surface area contributed by atoms with Crippen LogP contribution in [0.2, 0.25) is 0 Å². The van der Waals surface area contributed by atoms with Crippen molar-refractivity contribution in [3.8, 4) is 68.0 Å². The zero-order valence-electron chi connectivity index (χ0n) is 26.4. The van der Waals surface area contributed by atoms with Crippen molar-refractivity contribution in [2.45, 2.75) is 0 Å². The summed E-state index contributed by atoms with van der Waals surface area (Å²) in [5.74, 6) is 2.46. The molecule has 0 amide bonds. The number of rotatable bonds is 4. The van der Waals surface area contributed by atoms with E-state index in [9.17, 15) is 0 Å². The number of H-pyrrole nitrogens is 2. The first kappa shape index (κ1) is 31.0. The molecule has 0 aliphatic carbocycles. The predicted molar refractivity (Wildman–Crippen MR) is 183 cm³/mol. The molecule has 0 radical (unpaired) electrons. The van der Waals surface area contributed by atoms with E-state index in [1.807, 2.05) is 109 Å². The van der Waals surface area contributed by atoms with Crippen LogP contribution in [-0.2, 0) is 9.47 Å². The van der Waals surface area contributed by atoms with E-state index < -0.39 is 0 Å². The Morgan fingerprint density at radius 2 is 0.771 bits per heavy atom. The van der Waals surface area contributed by atoms with E-state index in [0.717, 1.165) is 45.0 Å². The standard InChI is InChI=1S/C38H36N4O6/c1-3-7-27(8-4-1)31-25-33(41-39-31)29-11-13-35-37(23-29)47-21-17-44-18-22-48-38-24-30(12-14-36(38)46-20-16-43-15-19-45-35)34-26-32(40-42-34)28-9-5-2-6-10-28/h1-14,23-26H,15-22H2,(H,39,41)(H,40,42). The quantitative estimate of drug-likeness (QED) is 0.210. The van der Waals surface area contributed by atoms with Gasteiger partial charge in [-0.3, -0.25) is 10.2 Å². The first-order valence-corrected chi connectivity index (χ1v) is 16.0. The summed E-state index contributed by atoms with van der Waals surface area (Å²) in [7, 11) is 0. The highest BCUT2D eigenvalue weighted by atomic mass is 16.6. The second kappa shape index (κ2) is 15.3. The van der Waals surface area contributed by atoms with Gasteiger partial charge in [-0.2, -0.15) is 10.2 Å². The highest BCUT2D eigenvalue weighted by molar-refractivity contribution is 5.71. The van der Waals surface area contributed by atoms with Crippen LogP contribution in [0.15, 0.2) is 109 Å². The summed E-state index contributed by atoms with van der Waals surface area (Å²) in [6.45, 7) is 2.88. The van der Waals surface area contributed by atoms with Crippen molar-refractivity contribution < 1.29 is 28.4 Å². The number of ether oxygens (including phenoxy) is 6. The van der Waals surface area contributed by atoms with E-state index in [2.05, 4.69) is 20.4 Å². The first-order valence-electron chi connectivity index (χ1n) is 16.0. The minimum Gasteiger partial charge on any atom is -0.487 e. The van der Waals surface area contributed by atoms with E-state index in [1.165, 1.54) is 0 Å². The van der Waals surface area contributed by atoms with Crippen LogP contribution in [-0.4, -0.2) is 73.2 Å². The Hall–Kier alpha value is -5.58. The second-order valence-corrected chi connectivity index (χ2v) is 11.0. The Morgan fingerprint density at radius 1 is 0.375 bits per heavy atom. The number of aromatic nitrogens is 4. The summed E-state index contributed by atoms with van der Waals surface area (Å²) in [5, 5.41) is 15.3. The third-order valence-electron chi connectivity index (χ3n) is 7.75. The lowest BCUT2D eigenvalue weighted by molar-refractivity contribution is 0.0640. The lowest BCUT2D eigenvalue weighted by Crippen LogP contribution is -2.15. The van der Waals surface area contributed by atoms with Gasteiger partial charge in [0.2, 0.25) is 0 Å². The third-order valence-corrected chi connectivity index (χ3v) is 7.75. The summed E-state index contributed by atoms with van der Waals surface area (Å²) >= 11 is 0. The van der Waals surface area contributed by atoms with Crippen LogP contribution >= 0.6 is 0 Å². The Labute approximate surface area is 278 Å². The molecule has 244 valence electrons. The van der Waals surface area contributed by atoms with Crippen molar-refractivity contribution >= 4 is 0 Å². The Morgan fingerprint density at radius 3 is 1.19 bits per heavy atom. The topological polar surface area (TPSA) is 113 Å². The van der Waals surface area contributed by atoms with Gasteiger partial charge in [0.15, 0.2) is 23.0 Å². The smallest absolute Gasteiger partial charge is 0.161 e. The molecule has 7 rings (SSSR count). The molecule has 0 unspecified atom stereocenters. The maximum absolute atomic E-state index is 6.14. The molecule has 10 heteroatoms. The molecular formula is C38H36N4O6. The lowest BCUT2D eigenvalue weighted by Gasteiger charge is -2.16. The summed E-state index contributed by atoms with van der Waals surface area (Å²) in [6, 6.07) is 35.8. The summed E-state index contributed by atoms with van der Waals surface area (Å²) in [4.78, 5) is 0. The first-order chi connectivity index (χ1) is 23.8. The fraction of sp³-hybridized carbons (Fsp3) is 0.211. The predicted octanol–water partition coefficient (Wildman–Crippen LogP) is 7.06. The summed E-state index contributed by atoms with van der Waals surface area (Å²) < 4.78 is 36.0. The van der Waals surface area contributed by atoms with Gasteiger partial charge in [-0.15, -0.1) is 0 Å². The van der Waals surface area contributed by atoms with Crippen LogP contribution in [0.1, 0.15) is 0 Å². The van der Waals surface area contributed by atoms with Crippen molar-refractivity contribution in [1.29, 1.82) is 0 Å². The number of aromatic amines is 2. The van der Waals surface area contributed by atoms with Crippen LogP contribution in [0.5, 0.6) is 23.0 Å². The van der Waals surface area contributed by atoms with Gasteiger partial charge in [0.1, 0.15) is 26.4 Å². The van der Waals surface area contributed by atoms with Gasteiger partial charge >= 0.3 is 0 Å². The van der Waals surface area contributed by atoms with E-state index >= 15 is 0 Å². The normalized spacial score (nSPS) is 14.5. The second-order valence-electron chi connectivity index (χ2n) is 11.0. The fourth-order valence-electron chi connectivity index (χ4n) is 5.32. The molecule has 2 N–H and O–H groups in total. The summed E-state index contributed by atoms with van der Waals surface area (Å²) in [5.41, 5.74) is 7.45. The van der Waals surface area contributed by atoms with Gasteiger partial charge in [-0.1, -0.05) is 60.7 Å². The third kappa shape index (κ3) is 7.68. The average molecular weight is 645 g/mol. The fourth-order valence-corrected chi connectivity index (χ4v) is 5.32. The highest BCUT2D eigenvalue weighted by Gasteiger charge is 2.14. The SMILES string of the molecule is c1ccc(-c2cc(-c3ccc4c(c3)OCCOCCOc3cc(-c5cc(-c6ccccc6)[nH]n5)ccc3OCCOCCO4)n[nH]2)cc1. The molecule has 0 fully saturated rings. The molecular weight excluding hydrogens is 608 g/mol. The van der Waals surface area contributed by atoms with Gasteiger partial charge in [0.25, 0.3) is 0 Å². The molecule has 1 aliphatic rings. The van der Waals surface area contributed by atoms with Gasteiger partial charge in [-0.25, -0.2) is 0 Å². The molecule has 0 bridgehead atoms. The Bertz CT molecular complexity index is 1770. The van der Waals surface area contributed by atoms with Crippen molar-refractivity contribution in [2.75, 3.05) is 52.9 Å². The Kier molecular flexibility index (Phi) is 9.92. The Balaban J connectivity index is 1.00. The number of hydrogen-bond donors (Lipinski definition) is 2. The molecule has 2 aromatic heterocycles. The van der Waals surface area contributed by atoms with Crippen LogP contribution in [0.25, 0.3) is 45.0 Å².